The van der Waals surface area contributed by atoms with Crippen LogP contribution in [0, 0.1) is 26.7 Å². The van der Waals surface area contributed by atoms with Crippen molar-refractivity contribution in [2.75, 3.05) is 11.9 Å². The fourth-order valence-corrected chi connectivity index (χ4v) is 4.88. The highest BCUT2D eigenvalue weighted by atomic mass is 35.5. The molecular weight excluding hydrogens is 526 g/mol. The van der Waals surface area contributed by atoms with E-state index >= 15 is 0 Å². The number of amides is 3. The Bertz CT molecular complexity index is 1150. The molecule has 0 aromatic heterocycles. The molecule has 8 heteroatoms. The summed E-state index contributed by atoms with van der Waals surface area (Å²) in [4.78, 5) is 42.9. The van der Waals surface area contributed by atoms with Crippen molar-refractivity contribution in [1.29, 1.82) is 0 Å². The average Bonchev–Trinajstić information content (AvgIpc) is 2.84. The molecule has 0 bridgehead atoms. The van der Waals surface area contributed by atoms with Gasteiger partial charge < -0.3 is 20.3 Å². The Labute approximate surface area is 245 Å². The number of nitrogens with one attached hydrogen (secondary N) is 2. The summed E-state index contributed by atoms with van der Waals surface area (Å²) in [7, 11) is 0. The van der Waals surface area contributed by atoms with Crippen molar-refractivity contribution in [2.45, 2.75) is 99.3 Å². The molecule has 2 aromatic rings. The van der Waals surface area contributed by atoms with Gasteiger partial charge in [0, 0.05) is 6.54 Å². The number of carbonyl (C=O) groups excluding carboxylic acids is 3. The third kappa shape index (κ3) is 9.26. The van der Waals surface area contributed by atoms with Crippen LogP contribution in [0.1, 0.15) is 89.1 Å². The van der Waals surface area contributed by atoms with E-state index in [1.165, 1.54) is 0 Å². The number of alkyl carbamates (subject to hydrolysis) is 1. The normalized spacial score (nSPS) is 13.7. The number of hydrogen-bond donors (Lipinski definition) is 2. The molecule has 0 radical (unpaired) electrons. The second-order valence-corrected chi connectivity index (χ2v) is 12.0. The van der Waals surface area contributed by atoms with Gasteiger partial charge in [-0.25, -0.2) is 4.79 Å². The van der Waals surface area contributed by atoms with Crippen molar-refractivity contribution in [1.82, 2.24) is 10.2 Å². The molecule has 0 saturated carbocycles. The highest BCUT2D eigenvalue weighted by Crippen LogP contribution is 2.31. The maximum atomic E-state index is 14.4. The molecule has 0 heterocycles. The summed E-state index contributed by atoms with van der Waals surface area (Å²) in [6, 6.07) is 9.49. The first-order chi connectivity index (χ1) is 18.7. The van der Waals surface area contributed by atoms with Crippen LogP contribution in [-0.2, 0) is 14.3 Å². The van der Waals surface area contributed by atoms with Crippen LogP contribution in [0.4, 0.5) is 10.5 Å². The summed E-state index contributed by atoms with van der Waals surface area (Å²) in [5.74, 6) is -0.896. The summed E-state index contributed by atoms with van der Waals surface area (Å²) < 4.78 is 5.49. The Morgan fingerprint density at radius 2 is 1.65 bits per heavy atom. The molecule has 220 valence electrons. The van der Waals surface area contributed by atoms with Crippen LogP contribution in [0.3, 0.4) is 0 Å². The van der Waals surface area contributed by atoms with Gasteiger partial charge in [0.25, 0.3) is 5.91 Å². The van der Waals surface area contributed by atoms with Gasteiger partial charge in [0.05, 0.1) is 10.7 Å². The lowest BCUT2D eigenvalue weighted by Crippen LogP contribution is -2.55. The van der Waals surface area contributed by atoms with E-state index in [1.807, 2.05) is 71.9 Å². The molecule has 0 aliphatic carbocycles. The van der Waals surface area contributed by atoms with E-state index in [2.05, 4.69) is 10.6 Å². The minimum absolute atomic E-state index is 0.196. The number of ether oxygens (including phenoxy) is 1. The van der Waals surface area contributed by atoms with Gasteiger partial charge in [-0.1, -0.05) is 86.7 Å². The van der Waals surface area contributed by atoms with Crippen LogP contribution >= 0.6 is 11.6 Å². The molecule has 2 aromatic carbocycles. The third-order valence-electron chi connectivity index (χ3n) is 6.78. The quantitative estimate of drug-likeness (QED) is 0.292. The number of aryl methyl sites for hydroxylation is 3. The van der Waals surface area contributed by atoms with Gasteiger partial charge in [-0.2, -0.15) is 0 Å². The zero-order valence-corrected chi connectivity index (χ0v) is 26.2. The number of benzene rings is 2. The number of halogens is 1. The molecule has 3 amide bonds. The van der Waals surface area contributed by atoms with Gasteiger partial charge in [-0.05, 0) is 71.1 Å². The number of para-hydroxylation sites is 1. The first kappa shape index (κ1) is 33.1. The van der Waals surface area contributed by atoms with E-state index in [9.17, 15) is 14.4 Å². The maximum absolute atomic E-state index is 14.4. The van der Waals surface area contributed by atoms with Gasteiger partial charge in [0.15, 0.2) is 0 Å². The monoisotopic (exact) mass is 571 g/mol. The number of carbonyl (C=O) groups is 3. The van der Waals surface area contributed by atoms with Gasteiger partial charge in [-0.15, -0.1) is 0 Å². The summed E-state index contributed by atoms with van der Waals surface area (Å²) in [5.41, 5.74) is 3.27. The first-order valence-electron chi connectivity index (χ1n) is 14.1. The van der Waals surface area contributed by atoms with E-state index in [1.54, 1.807) is 31.7 Å². The highest BCUT2D eigenvalue weighted by Gasteiger charge is 2.38. The van der Waals surface area contributed by atoms with Crippen LogP contribution in [0.2, 0.25) is 5.02 Å². The average molecular weight is 572 g/mol. The Morgan fingerprint density at radius 3 is 2.17 bits per heavy atom. The fraction of sp³-hybridized carbons (Fsp3) is 0.531. The molecule has 3 unspecified atom stereocenters. The van der Waals surface area contributed by atoms with Crippen molar-refractivity contribution in [3.05, 3.63) is 63.7 Å². The largest absolute Gasteiger partial charge is 0.444 e. The molecule has 2 rings (SSSR count). The van der Waals surface area contributed by atoms with Crippen molar-refractivity contribution in [3.8, 4) is 0 Å². The molecule has 2 N–H and O–H groups in total. The zero-order valence-electron chi connectivity index (χ0n) is 25.5. The number of nitrogens with zero attached hydrogens (tertiary/aromatic N) is 1. The number of anilines is 1. The summed E-state index contributed by atoms with van der Waals surface area (Å²) >= 11 is 6.46. The van der Waals surface area contributed by atoms with Crippen molar-refractivity contribution < 1.29 is 19.1 Å². The van der Waals surface area contributed by atoms with Gasteiger partial charge in [-0.3, -0.25) is 9.59 Å². The van der Waals surface area contributed by atoms with Crippen LogP contribution in [-0.4, -0.2) is 41.0 Å². The highest BCUT2D eigenvalue weighted by molar-refractivity contribution is 6.34. The Morgan fingerprint density at radius 1 is 1.02 bits per heavy atom. The van der Waals surface area contributed by atoms with Crippen LogP contribution < -0.4 is 10.6 Å². The van der Waals surface area contributed by atoms with Crippen LogP contribution in [0.5, 0.6) is 0 Å². The Hall–Kier alpha value is -3.06. The van der Waals surface area contributed by atoms with Crippen molar-refractivity contribution >= 4 is 35.2 Å². The zero-order chi connectivity index (χ0) is 30.2. The van der Waals surface area contributed by atoms with E-state index in [0.717, 1.165) is 23.1 Å². The smallest absolute Gasteiger partial charge is 0.408 e. The topological polar surface area (TPSA) is 87.7 Å². The SMILES string of the molecule is CCCCN(C(=O)C(NC(=O)OC(C)(C)C)C(C)CC)C(C(=O)Nc1c(C)cccc1Cl)c1cc(C)cc(C)c1. The number of unbranched alkanes of at least 4 members (excludes halogenated alkanes) is 1. The third-order valence-corrected chi connectivity index (χ3v) is 7.09. The van der Waals surface area contributed by atoms with Gasteiger partial charge >= 0.3 is 6.09 Å². The number of rotatable bonds is 11. The van der Waals surface area contributed by atoms with Crippen LogP contribution in [0.15, 0.2) is 36.4 Å². The van der Waals surface area contributed by atoms with E-state index < -0.39 is 23.8 Å². The van der Waals surface area contributed by atoms with Crippen LogP contribution in [0.25, 0.3) is 0 Å². The molecule has 0 saturated heterocycles. The summed E-state index contributed by atoms with van der Waals surface area (Å²) in [5, 5.41) is 6.24. The van der Waals surface area contributed by atoms with E-state index in [4.69, 9.17) is 16.3 Å². The molecule has 3 atom stereocenters. The minimum Gasteiger partial charge on any atom is -0.444 e. The molecule has 0 aliphatic rings. The predicted octanol–water partition coefficient (Wildman–Crippen LogP) is 7.51. The summed E-state index contributed by atoms with van der Waals surface area (Å²) in [6.45, 7) is 17.4. The second kappa shape index (κ2) is 14.5. The molecule has 0 fully saturated rings. The van der Waals surface area contributed by atoms with Gasteiger partial charge in [0.2, 0.25) is 5.91 Å². The fourth-order valence-electron chi connectivity index (χ4n) is 4.61. The van der Waals surface area contributed by atoms with Crippen molar-refractivity contribution in [3.63, 3.8) is 0 Å². The number of hydrogen-bond acceptors (Lipinski definition) is 4. The standard InChI is InChI=1S/C32H46ClN3O4/c1-10-12-16-36(30(38)27(22(5)11-2)35-31(39)40-32(7,8)9)28(24-18-20(3)17-21(4)19-24)29(37)34-26-23(6)14-13-15-25(26)33/h13-15,17-19,22,27-28H,10-12,16H2,1-9H3,(H,34,37)(H,35,39). The molecular formula is C32H46ClN3O4. The summed E-state index contributed by atoms with van der Waals surface area (Å²) in [6.07, 6.45) is 1.49. The molecule has 40 heavy (non-hydrogen) atoms. The second-order valence-electron chi connectivity index (χ2n) is 11.6. The minimum atomic E-state index is -0.944. The Kier molecular flexibility index (Phi) is 12.0. The van der Waals surface area contributed by atoms with Crippen molar-refractivity contribution in [2.24, 2.45) is 5.92 Å². The molecule has 0 spiro atoms. The lowest BCUT2D eigenvalue weighted by Gasteiger charge is -2.36. The van der Waals surface area contributed by atoms with Gasteiger partial charge in [0.1, 0.15) is 17.7 Å². The Balaban J connectivity index is 2.64. The lowest BCUT2D eigenvalue weighted by molar-refractivity contribution is -0.142. The lowest BCUT2D eigenvalue weighted by atomic mass is 9.94. The van der Waals surface area contributed by atoms with E-state index in [0.29, 0.717) is 35.7 Å². The predicted molar refractivity (Wildman–Crippen MR) is 163 cm³/mol. The van der Waals surface area contributed by atoms with E-state index in [-0.39, 0.29) is 17.7 Å². The maximum Gasteiger partial charge on any atom is 0.408 e. The molecule has 7 nitrogen and oxygen atoms in total. The molecule has 0 aliphatic heterocycles. The first-order valence-corrected chi connectivity index (χ1v) is 14.5.